The Kier molecular flexibility index (Phi) is 6.05. The van der Waals surface area contributed by atoms with Gasteiger partial charge in [0.2, 0.25) is 0 Å². The van der Waals surface area contributed by atoms with E-state index in [2.05, 4.69) is 5.32 Å². The number of hydrogen-bond donors (Lipinski definition) is 2. The fourth-order valence-corrected chi connectivity index (χ4v) is 2.18. The summed E-state index contributed by atoms with van der Waals surface area (Å²) >= 11 is 6.07. The van der Waals surface area contributed by atoms with Crippen LogP contribution in [0.5, 0.6) is 5.75 Å². The molecule has 2 aromatic carbocycles. The largest absolute Gasteiger partial charge is 0.491 e. The van der Waals surface area contributed by atoms with Gasteiger partial charge in [0.25, 0.3) is 0 Å². The average Bonchev–Trinajstić information content (AvgIpc) is 2.48. The molecule has 0 amide bonds. The highest BCUT2D eigenvalue weighted by atomic mass is 35.5. The van der Waals surface area contributed by atoms with Crippen LogP contribution in [0.15, 0.2) is 48.5 Å². The Bertz CT molecular complexity index is 574. The zero-order chi connectivity index (χ0) is 15.1. The van der Waals surface area contributed by atoms with Gasteiger partial charge < -0.3 is 15.2 Å². The molecule has 2 aromatic rings. The van der Waals surface area contributed by atoms with Crippen molar-refractivity contribution in [3.8, 4) is 5.75 Å². The van der Waals surface area contributed by atoms with Crippen LogP contribution >= 0.6 is 11.6 Å². The fourth-order valence-electron chi connectivity index (χ4n) is 1.98. The van der Waals surface area contributed by atoms with Crippen molar-refractivity contribution < 1.29 is 9.84 Å². The Morgan fingerprint density at radius 2 is 1.86 bits per heavy atom. The van der Waals surface area contributed by atoms with Crippen LogP contribution in [0.25, 0.3) is 0 Å². The highest BCUT2D eigenvalue weighted by Gasteiger charge is 2.07. The molecule has 0 heterocycles. The molecule has 3 nitrogen and oxygen atoms in total. The first kappa shape index (κ1) is 15.8. The smallest absolute Gasteiger partial charge is 0.122 e. The van der Waals surface area contributed by atoms with E-state index in [1.165, 1.54) is 0 Å². The first-order valence-corrected chi connectivity index (χ1v) is 7.35. The predicted molar refractivity (Wildman–Crippen MR) is 85.8 cm³/mol. The molecule has 4 heteroatoms. The summed E-state index contributed by atoms with van der Waals surface area (Å²) in [7, 11) is 0. The summed E-state index contributed by atoms with van der Waals surface area (Å²) in [5, 5.41) is 13.8. The fraction of sp³-hybridized carbons (Fsp3) is 0.294. The Hall–Kier alpha value is -1.55. The maximum atomic E-state index is 9.93. The molecule has 112 valence electrons. The Balaban J connectivity index is 1.72. The molecule has 0 bridgehead atoms. The molecule has 0 saturated carbocycles. The third-order valence-corrected chi connectivity index (χ3v) is 3.55. The number of hydrogen-bond acceptors (Lipinski definition) is 3. The average molecular weight is 306 g/mol. The SMILES string of the molecule is Cc1ccccc1OCC(O)CNCc1ccccc1Cl. The zero-order valence-corrected chi connectivity index (χ0v) is 12.8. The number of nitrogens with one attached hydrogen (secondary N) is 1. The molecule has 0 radical (unpaired) electrons. The van der Waals surface area contributed by atoms with Gasteiger partial charge in [0, 0.05) is 18.1 Å². The van der Waals surface area contributed by atoms with Gasteiger partial charge in [-0.3, -0.25) is 0 Å². The lowest BCUT2D eigenvalue weighted by molar-refractivity contribution is 0.106. The Morgan fingerprint density at radius 1 is 1.14 bits per heavy atom. The maximum Gasteiger partial charge on any atom is 0.122 e. The third-order valence-electron chi connectivity index (χ3n) is 3.18. The number of aliphatic hydroxyl groups excluding tert-OH is 1. The van der Waals surface area contributed by atoms with Gasteiger partial charge in [-0.25, -0.2) is 0 Å². The van der Waals surface area contributed by atoms with Crippen molar-refractivity contribution in [2.45, 2.75) is 19.6 Å². The van der Waals surface area contributed by atoms with Crippen molar-refractivity contribution in [3.05, 3.63) is 64.7 Å². The van der Waals surface area contributed by atoms with Gasteiger partial charge in [-0.05, 0) is 30.2 Å². The van der Waals surface area contributed by atoms with Gasteiger partial charge in [-0.2, -0.15) is 0 Å². The maximum absolute atomic E-state index is 9.93. The van der Waals surface area contributed by atoms with Crippen LogP contribution < -0.4 is 10.1 Å². The molecule has 1 unspecified atom stereocenters. The van der Waals surface area contributed by atoms with Crippen LogP contribution in [0.2, 0.25) is 5.02 Å². The number of rotatable bonds is 7. The normalized spacial score (nSPS) is 12.1. The second-order valence-electron chi connectivity index (χ2n) is 4.95. The van der Waals surface area contributed by atoms with Crippen molar-refractivity contribution >= 4 is 11.6 Å². The monoisotopic (exact) mass is 305 g/mol. The molecule has 2 N–H and O–H groups in total. The Morgan fingerprint density at radius 3 is 2.62 bits per heavy atom. The summed E-state index contributed by atoms with van der Waals surface area (Å²) in [5.74, 6) is 0.808. The van der Waals surface area contributed by atoms with Gasteiger partial charge in [-0.1, -0.05) is 48.0 Å². The number of ether oxygens (including phenoxy) is 1. The van der Waals surface area contributed by atoms with E-state index >= 15 is 0 Å². The molecular formula is C17H20ClNO2. The molecular weight excluding hydrogens is 286 g/mol. The Labute approximate surface area is 130 Å². The minimum atomic E-state index is -0.563. The third kappa shape index (κ3) is 5.05. The van der Waals surface area contributed by atoms with Crippen molar-refractivity contribution in [2.24, 2.45) is 0 Å². The number of halogens is 1. The molecule has 0 aliphatic heterocycles. The quantitative estimate of drug-likeness (QED) is 0.825. The minimum Gasteiger partial charge on any atom is -0.491 e. The van der Waals surface area contributed by atoms with Gasteiger partial charge >= 0.3 is 0 Å². The summed E-state index contributed by atoms with van der Waals surface area (Å²) < 4.78 is 5.61. The molecule has 0 aliphatic rings. The lowest BCUT2D eigenvalue weighted by Gasteiger charge is -2.14. The van der Waals surface area contributed by atoms with Crippen molar-refractivity contribution in [2.75, 3.05) is 13.2 Å². The summed E-state index contributed by atoms with van der Waals surface area (Å²) in [6, 6.07) is 15.4. The molecule has 0 spiro atoms. The van der Waals surface area contributed by atoms with Gasteiger partial charge in [0.05, 0.1) is 0 Å². The van der Waals surface area contributed by atoms with Crippen LogP contribution in [0.1, 0.15) is 11.1 Å². The number of aryl methyl sites for hydroxylation is 1. The van der Waals surface area contributed by atoms with Crippen molar-refractivity contribution in [1.82, 2.24) is 5.32 Å². The van der Waals surface area contributed by atoms with E-state index in [4.69, 9.17) is 16.3 Å². The lowest BCUT2D eigenvalue weighted by atomic mass is 10.2. The minimum absolute atomic E-state index is 0.264. The molecule has 1 atom stereocenters. The van der Waals surface area contributed by atoms with Crippen molar-refractivity contribution in [1.29, 1.82) is 0 Å². The second kappa shape index (κ2) is 8.03. The predicted octanol–water partition coefficient (Wildman–Crippen LogP) is 3.18. The molecule has 21 heavy (non-hydrogen) atoms. The molecule has 2 rings (SSSR count). The summed E-state index contributed by atoms with van der Waals surface area (Å²) in [5.41, 5.74) is 2.08. The highest BCUT2D eigenvalue weighted by molar-refractivity contribution is 6.31. The van der Waals surface area contributed by atoms with Crippen LogP contribution in [-0.4, -0.2) is 24.4 Å². The second-order valence-corrected chi connectivity index (χ2v) is 5.36. The van der Waals surface area contributed by atoms with Crippen LogP contribution in [-0.2, 0) is 6.54 Å². The molecule has 0 aliphatic carbocycles. The lowest BCUT2D eigenvalue weighted by Crippen LogP contribution is -2.31. The van der Waals surface area contributed by atoms with E-state index in [0.717, 1.165) is 21.9 Å². The van der Waals surface area contributed by atoms with Gasteiger partial charge in [0.1, 0.15) is 18.5 Å². The van der Waals surface area contributed by atoms with E-state index in [0.29, 0.717) is 13.1 Å². The summed E-state index contributed by atoms with van der Waals surface area (Å²) in [6.07, 6.45) is -0.563. The van der Waals surface area contributed by atoms with E-state index in [1.807, 2.05) is 55.5 Å². The van der Waals surface area contributed by atoms with Crippen molar-refractivity contribution in [3.63, 3.8) is 0 Å². The molecule has 0 fully saturated rings. The number of aliphatic hydroxyl groups is 1. The van der Waals surface area contributed by atoms with Crippen LogP contribution in [0.4, 0.5) is 0 Å². The number of benzene rings is 2. The van der Waals surface area contributed by atoms with E-state index < -0.39 is 6.10 Å². The van der Waals surface area contributed by atoms with Crippen LogP contribution in [0.3, 0.4) is 0 Å². The molecule has 0 aromatic heterocycles. The highest BCUT2D eigenvalue weighted by Crippen LogP contribution is 2.16. The van der Waals surface area contributed by atoms with Gasteiger partial charge in [0.15, 0.2) is 0 Å². The van der Waals surface area contributed by atoms with E-state index in [9.17, 15) is 5.11 Å². The number of para-hydroxylation sites is 1. The summed E-state index contributed by atoms with van der Waals surface area (Å²) in [6.45, 7) is 3.33. The topological polar surface area (TPSA) is 41.5 Å². The standard InChI is InChI=1S/C17H20ClNO2/c1-13-6-2-5-9-17(13)21-12-15(20)11-19-10-14-7-3-4-8-16(14)18/h2-9,15,19-20H,10-12H2,1H3. The zero-order valence-electron chi connectivity index (χ0n) is 12.1. The van der Waals surface area contributed by atoms with E-state index in [-0.39, 0.29) is 6.61 Å². The molecule has 0 saturated heterocycles. The first-order valence-electron chi connectivity index (χ1n) is 6.97. The first-order chi connectivity index (χ1) is 10.2. The van der Waals surface area contributed by atoms with E-state index in [1.54, 1.807) is 0 Å². The van der Waals surface area contributed by atoms with Crippen LogP contribution in [0, 0.1) is 6.92 Å². The summed E-state index contributed by atoms with van der Waals surface area (Å²) in [4.78, 5) is 0. The van der Waals surface area contributed by atoms with Gasteiger partial charge in [-0.15, -0.1) is 0 Å².